The summed E-state index contributed by atoms with van der Waals surface area (Å²) in [5, 5.41) is 6.69. The van der Waals surface area contributed by atoms with Gasteiger partial charge >= 0.3 is 0 Å². The van der Waals surface area contributed by atoms with E-state index in [9.17, 15) is 0 Å². The van der Waals surface area contributed by atoms with Crippen LogP contribution in [0.1, 0.15) is 11.1 Å². The molecule has 0 saturated carbocycles. The second kappa shape index (κ2) is 7.93. The summed E-state index contributed by atoms with van der Waals surface area (Å²) in [4.78, 5) is 0. The Morgan fingerprint density at radius 1 is 0.880 bits per heavy atom. The SMILES string of the molecule is C=Cc1ccc(COc2ccc(Nc3ccc(N=N)cc3)cc2)cc1. The van der Waals surface area contributed by atoms with Gasteiger partial charge in [-0.1, -0.05) is 36.9 Å². The van der Waals surface area contributed by atoms with Crippen molar-refractivity contribution in [1.29, 1.82) is 5.53 Å². The van der Waals surface area contributed by atoms with Crippen molar-refractivity contribution in [3.63, 3.8) is 0 Å². The predicted molar refractivity (Wildman–Crippen MR) is 102 cm³/mol. The van der Waals surface area contributed by atoms with E-state index in [2.05, 4.69) is 17.0 Å². The van der Waals surface area contributed by atoms with Gasteiger partial charge in [0.05, 0.1) is 5.69 Å². The minimum Gasteiger partial charge on any atom is -0.489 e. The van der Waals surface area contributed by atoms with E-state index >= 15 is 0 Å². The highest BCUT2D eigenvalue weighted by Crippen LogP contribution is 2.22. The van der Waals surface area contributed by atoms with Crippen molar-refractivity contribution >= 4 is 23.1 Å². The molecule has 3 aromatic carbocycles. The molecule has 0 amide bonds. The molecule has 0 atom stereocenters. The van der Waals surface area contributed by atoms with Gasteiger partial charge in [-0.2, -0.15) is 5.11 Å². The Morgan fingerprint density at radius 3 is 2.04 bits per heavy atom. The van der Waals surface area contributed by atoms with Crippen molar-refractivity contribution in [3.8, 4) is 5.75 Å². The summed E-state index contributed by atoms with van der Waals surface area (Å²) in [5.41, 5.74) is 11.7. The summed E-state index contributed by atoms with van der Waals surface area (Å²) in [5.74, 6) is 0.821. The number of rotatable bonds is 7. The standard InChI is InChI=1S/C21H19N3O/c1-2-16-3-5-17(6-4-16)15-25-21-13-11-19(12-14-21)23-18-7-9-20(24-22)10-8-18/h2-14,22-23H,1,15H2. The molecule has 3 aromatic rings. The molecule has 0 aromatic heterocycles. The Morgan fingerprint density at radius 2 is 1.48 bits per heavy atom. The van der Waals surface area contributed by atoms with Crippen LogP contribution in [0, 0.1) is 5.53 Å². The van der Waals surface area contributed by atoms with E-state index < -0.39 is 0 Å². The van der Waals surface area contributed by atoms with Crippen molar-refractivity contribution in [1.82, 2.24) is 0 Å². The molecular formula is C21H19N3O. The zero-order valence-electron chi connectivity index (χ0n) is 13.8. The van der Waals surface area contributed by atoms with Crippen LogP contribution in [-0.2, 0) is 6.61 Å². The summed E-state index contributed by atoms with van der Waals surface area (Å²) >= 11 is 0. The van der Waals surface area contributed by atoms with Crippen LogP contribution in [0.2, 0.25) is 0 Å². The second-order valence-electron chi connectivity index (χ2n) is 5.54. The van der Waals surface area contributed by atoms with E-state index in [0.717, 1.165) is 28.3 Å². The van der Waals surface area contributed by atoms with Crippen LogP contribution in [-0.4, -0.2) is 0 Å². The molecule has 4 nitrogen and oxygen atoms in total. The second-order valence-corrected chi connectivity index (χ2v) is 5.54. The Balaban J connectivity index is 1.57. The molecule has 0 fully saturated rings. The normalized spacial score (nSPS) is 10.1. The third-order valence-electron chi connectivity index (χ3n) is 3.76. The summed E-state index contributed by atoms with van der Waals surface area (Å²) in [6, 6.07) is 23.3. The molecule has 0 spiro atoms. The van der Waals surface area contributed by atoms with Crippen molar-refractivity contribution < 1.29 is 4.74 Å². The van der Waals surface area contributed by atoms with E-state index in [4.69, 9.17) is 10.3 Å². The maximum absolute atomic E-state index is 6.97. The number of benzene rings is 3. The number of ether oxygens (including phenoxy) is 1. The third kappa shape index (κ3) is 4.54. The van der Waals surface area contributed by atoms with Crippen LogP contribution in [0.5, 0.6) is 5.75 Å². The molecule has 2 N–H and O–H groups in total. The molecule has 0 aliphatic carbocycles. The quantitative estimate of drug-likeness (QED) is 0.499. The smallest absolute Gasteiger partial charge is 0.119 e. The van der Waals surface area contributed by atoms with Gasteiger partial charge in [-0.3, -0.25) is 0 Å². The van der Waals surface area contributed by atoms with E-state index in [1.165, 1.54) is 0 Å². The van der Waals surface area contributed by atoms with Gasteiger partial charge < -0.3 is 10.1 Å². The van der Waals surface area contributed by atoms with E-state index in [0.29, 0.717) is 12.3 Å². The Hall–Kier alpha value is -3.40. The molecule has 0 aliphatic heterocycles. The average molecular weight is 329 g/mol. The predicted octanol–water partition coefficient (Wildman–Crippen LogP) is 6.31. The summed E-state index contributed by atoms with van der Waals surface area (Å²) in [6.07, 6.45) is 1.82. The van der Waals surface area contributed by atoms with Crippen LogP contribution >= 0.6 is 0 Å². The molecule has 0 aliphatic rings. The lowest BCUT2D eigenvalue weighted by atomic mass is 10.1. The highest BCUT2D eigenvalue weighted by Gasteiger charge is 1.99. The van der Waals surface area contributed by atoms with Crippen LogP contribution in [0.3, 0.4) is 0 Å². The molecule has 0 bridgehead atoms. The van der Waals surface area contributed by atoms with Gasteiger partial charge in [0.15, 0.2) is 0 Å². The van der Waals surface area contributed by atoms with Gasteiger partial charge in [0, 0.05) is 11.4 Å². The first kappa shape index (κ1) is 16.5. The number of nitrogens with one attached hydrogen (secondary N) is 2. The van der Waals surface area contributed by atoms with Gasteiger partial charge in [0.1, 0.15) is 12.4 Å². The van der Waals surface area contributed by atoms with Crippen LogP contribution < -0.4 is 10.1 Å². The fourth-order valence-corrected chi connectivity index (χ4v) is 2.34. The maximum Gasteiger partial charge on any atom is 0.119 e. The van der Waals surface area contributed by atoms with Crippen molar-refractivity contribution in [2.45, 2.75) is 6.61 Å². The molecular weight excluding hydrogens is 310 g/mol. The third-order valence-corrected chi connectivity index (χ3v) is 3.76. The molecule has 3 rings (SSSR count). The number of anilines is 2. The zero-order valence-corrected chi connectivity index (χ0v) is 13.8. The fraction of sp³-hybridized carbons (Fsp3) is 0.0476. The highest BCUT2D eigenvalue weighted by atomic mass is 16.5. The van der Waals surface area contributed by atoms with Crippen LogP contribution in [0.25, 0.3) is 6.08 Å². The first-order valence-electron chi connectivity index (χ1n) is 7.95. The molecule has 0 heterocycles. The summed E-state index contributed by atoms with van der Waals surface area (Å²) in [6.45, 7) is 4.28. The Bertz CT molecular complexity index is 838. The molecule has 124 valence electrons. The fourth-order valence-electron chi connectivity index (χ4n) is 2.34. The van der Waals surface area contributed by atoms with E-state index in [1.807, 2.05) is 66.7 Å². The lowest BCUT2D eigenvalue weighted by Gasteiger charge is -2.09. The van der Waals surface area contributed by atoms with Gasteiger partial charge in [0.2, 0.25) is 0 Å². The molecule has 0 radical (unpaired) electrons. The van der Waals surface area contributed by atoms with Gasteiger partial charge in [-0.15, -0.1) is 0 Å². The maximum atomic E-state index is 6.97. The Kier molecular flexibility index (Phi) is 5.22. The molecule has 0 saturated heterocycles. The van der Waals surface area contributed by atoms with Gasteiger partial charge in [-0.05, 0) is 59.7 Å². The van der Waals surface area contributed by atoms with Gasteiger partial charge in [0.25, 0.3) is 0 Å². The number of nitrogens with zero attached hydrogens (tertiary/aromatic N) is 1. The largest absolute Gasteiger partial charge is 0.489 e. The van der Waals surface area contributed by atoms with Crippen molar-refractivity contribution in [2.24, 2.45) is 5.11 Å². The lowest BCUT2D eigenvalue weighted by molar-refractivity contribution is 0.306. The first-order valence-corrected chi connectivity index (χ1v) is 7.95. The van der Waals surface area contributed by atoms with Gasteiger partial charge in [-0.25, -0.2) is 5.53 Å². The summed E-state index contributed by atoms with van der Waals surface area (Å²) < 4.78 is 5.81. The lowest BCUT2D eigenvalue weighted by Crippen LogP contribution is -1.96. The molecule has 0 unspecified atom stereocenters. The molecule has 25 heavy (non-hydrogen) atoms. The van der Waals surface area contributed by atoms with Crippen LogP contribution in [0.4, 0.5) is 17.1 Å². The monoisotopic (exact) mass is 329 g/mol. The Labute approximate surface area is 147 Å². The topological polar surface area (TPSA) is 57.5 Å². The highest BCUT2D eigenvalue weighted by molar-refractivity contribution is 5.62. The van der Waals surface area contributed by atoms with Crippen LogP contribution in [0.15, 0.2) is 84.5 Å². The first-order chi connectivity index (χ1) is 12.3. The zero-order chi connectivity index (χ0) is 17.5. The number of hydrogen-bond acceptors (Lipinski definition) is 4. The van der Waals surface area contributed by atoms with Crippen molar-refractivity contribution in [2.75, 3.05) is 5.32 Å². The number of hydrogen-bond donors (Lipinski definition) is 2. The summed E-state index contributed by atoms with van der Waals surface area (Å²) in [7, 11) is 0. The minimum absolute atomic E-state index is 0.530. The van der Waals surface area contributed by atoms with E-state index in [-0.39, 0.29) is 0 Å². The average Bonchev–Trinajstić information content (AvgIpc) is 2.68. The molecule has 4 heteroatoms. The van der Waals surface area contributed by atoms with E-state index in [1.54, 1.807) is 12.1 Å². The minimum atomic E-state index is 0.530. The van der Waals surface area contributed by atoms with Crippen molar-refractivity contribution in [3.05, 3.63) is 90.5 Å².